The van der Waals surface area contributed by atoms with Gasteiger partial charge in [0.15, 0.2) is 0 Å². The molecule has 0 atom stereocenters. The lowest BCUT2D eigenvalue weighted by Crippen LogP contribution is -2.30. The van der Waals surface area contributed by atoms with Gasteiger partial charge in [0.1, 0.15) is 5.82 Å². The molecule has 0 aromatic heterocycles. The second-order valence-electron chi connectivity index (χ2n) is 5.19. The highest BCUT2D eigenvalue weighted by Gasteiger charge is 2.21. The molecule has 0 aliphatic rings. The first-order chi connectivity index (χ1) is 11.8. The third-order valence-electron chi connectivity index (χ3n) is 3.63. The van der Waals surface area contributed by atoms with Gasteiger partial charge < -0.3 is 5.32 Å². The summed E-state index contributed by atoms with van der Waals surface area (Å²) in [6.07, 6.45) is 0. The van der Waals surface area contributed by atoms with E-state index < -0.39 is 21.7 Å². The SMILES string of the molecule is CCN(CC)S(=O)(=O)c1ccc(NC(=O)c2ccc(Br)cc2F)cc1. The molecule has 1 N–H and O–H groups in total. The van der Waals surface area contributed by atoms with Crippen LogP contribution in [0, 0.1) is 5.82 Å². The third kappa shape index (κ3) is 4.45. The topological polar surface area (TPSA) is 66.5 Å². The van der Waals surface area contributed by atoms with Crippen LogP contribution in [0.15, 0.2) is 51.8 Å². The molecule has 0 unspecified atom stereocenters. The van der Waals surface area contributed by atoms with Gasteiger partial charge in [0.05, 0.1) is 10.5 Å². The fourth-order valence-electron chi connectivity index (χ4n) is 2.29. The summed E-state index contributed by atoms with van der Waals surface area (Å²) in [6, 6.07) is 9.93. The van der Waals surface area contributed by atoms with Crippen LogP contribution in [0.25, 0.3) is 0 Å². The van der Waals surface area contributed by atoms with Crippen molar-refractivity contribution >= 4 is 37.5 Å². The van der Waals surface area contributed by atoms with Crippen LogP contribution in [0.5, 0.6) is 0 Å². The molecule has 0 heterocycles. The Hall–Kier alpha value is -1.77. The first-order valence-electron chi connectivity index (χ1n) is 7.66. The van der Waals surface area contributed by atoms with E-state index in [0.29, 0.717) is 23.2 Å². The number of halogens is 2. The molecule has 0 aliphatic carbocycles. The minimum Gasteiger partial charge on any atom is -0.322 e. The van der Waals surface area contributed by atoms with Crippen molar-refractivity contribution in [2.75, 3.05) is 18.4 Å². The summed E-state index contributed by atoms with van der Waals surface area (Å²) in [5.41, 5.74) is 0.286. The molecule has 0 bridgehead atoms. The second kappa shape index (κ2) is 8.07. The minimum absolute atomic E-state index is 0.0944. The van der Waals surface area contributed by atoms with E-state index >= 15 is 0 Å². The standard InChI is InChI=1S/C17H18BrFN2O3S/c1-3-21(4-2)25(23,24)14-8-6-13(7-9-14)20-17(22)15-10-5-12(18)11-16(15)19/h5-11H,3-4H2,1-2H3,(H,20,22). The Labute approximate surface area is 155 Å². The molecule has 2 rings (SSSR count). The van der Waals surface area contributed by atoms with Gasteiger partial charge in [-0.05, 0) is 42.5 Å². The molecule has 134 valence electrons. The monoisotopic (exact) mass is 428 g/mol. The first-order valence-corrected chi connectivity index (χ1v) is 9.89. The highest BCUT2D eigenvalue weighted by atomic mass is 79.9. The lowest BCUT2D eigenvalue weighted by molar-refractivity contribution is 0.102. The summed E-state index contributed by atoms with van der Waals surface area (Å²) < 4.78 is 40.5. The Kier molecular flexibility index (Phi) is 6.31. The summed E-state index contributed by atoms with van der Waals surface area (Å²) in [6.45, 7) is 4.28. The molecular weight excluding hydrogens is 411 g/mol. The van der Waals surface area contributed by atoms with Gasteiger partial charge >= 0.3 is 0 Å². The van der Waals surface area contributed by atoms with Crippen molar-refractivity contribution in [2.24, 2.45) is 0 Å². The molecule has 1 amide bonds. The van der Waals surface area contributed by atoms with Crippen molar-refractivity contribution < 1.29 is 17.6 Å². The maximum Gasteiger partial charge on any atom is 0.258 e. The van der Waals surface area contributed by atoms with E-state index in [1.54, 1.807) is 19.9 Å². The van der Waals surface area contributed by atoms with Gasteiger partial charge in [-0.25, -0.2) is 12.8 Å². The number of hydrogen-bond acceptors (Lipinski definition) is 3. The largest absolute Gasteiger partial charge is 0.322 e. The van der Waals surface area contributed by atoms with Crippen LogP contribution in [-0.4, -0.2) is 31.7 Å². The molecule has 0 fully saturated rings. The number of carbonyl (C=O) groups excluding carboxylic acids is 1. The first kappa shape index (κ1) is 19.6. The molecule has 2 aromatic carbocycles. The van der Waals surface area contributed by atoms with Gasteiger partial charge in [-0.2, -0.15) is 4.31 Å². The normalized spacial score (nSPS) is 11.6. The molecule has 0 spiro atoms. The van der Waals surface area contributed by atoms with Gasteiger partial charge in [0.25, 0.3) is 5.91 Å². The van der Waals surface area contributed by atoms with E-state index in [0.717, 1.165) is 0 Å². The maximum atomic E-state index is 13.8. The van der Waals surface area contributed by atoms with Crippen molar-refractivity contribution in [1.82, 2.24) is 4.31 Å². The Balaban J connectivity index is 2.19. The van der Waals surface area contributed by atoms with Crippen molar-refractivity contribution in [2.45, 2.75) is 18.7 Å². The average Bonchev–Trinajstić information content (AvgIpc) is 2.56. The van der Waals surface area contributed by atoms with Crippen LogP contribution >= 0.6 is 15.9 Å². The number of hydrogen-bond donors (Lipinski definition) is 1. The predicted octanol–water partition coefficient (Wildman–Crippen LogP) is 3.87. The molecule has 0 saturated heterocycles. The Morgan fingerprint density at radius 2 is 1.72 bits per heavy atom. The number of carbonyl (C=O) groups is 1. The number of nitrogens with zero attached hydrogens (tertiary/aromatic N) is 1. The third-order valence-corrected chi connectivity index (χ3v) is 6.19. The average molecular weight is 429 g/mol. The zero-order valence-corrected chi connectivity index (χ0v) is 16.2. The van der Waals surface area contributed by atoms with Gasteiger partial charge in [-0.15, -0.1) is 0 Å². The quantitative estimate of drug-likeness (QED) is 0.758. The van der Waals surface area contributed by atoms with Crippen LogP contribution in [0.4, 0.5) is 10.1 Å². The predicted molar refractivity (Wildman–Crippen MR) is 98.6 cm³/mol. The van der Waals surface area contributed by atoms with E-state index in [2.05, 4.69) is 21.2 Å². The van der Waals surface area contributed by atoms with Gasteiger partial charge in [-0.3, -0.25) is 4.79 Å². The number of sulfonamides is 1. The fourth-order valence-corrected chi connectivity index (χ4v) is 4.09. The number of benzene rings is 2. The van der Waals surface area contributed by atoms with Crippen LogP contribution in [0.1, 0.15) is 24.2 Å². The van der Waals surface area contributed by atoms with E-state index in [1.165, 1.54) is 40.7 Å². The lowest BCUT2D eigenvalue weighted by Gasteiger charge is -2.18. The van der Waals surface area contributed by atoms with Crippen molar-refractivity contribution in [1.29, 1.82) is 0 Å². The van der Waals surface area contributed by atoms with Crippen LogP contribution in [0.2, 0.25) is 0 Å². The second-order valence-corrected chi connectivity index (χ2v) is 8.05. The maximum absolute atomic E-state index is 13.8. The summed E-state index contributed by atoms with van der Waals surface area (Å²) in [5, 5.41) is 2.55. The van der Waals surface area contributed by atoms with E-state index in [-0.39, 0.29) is 10.5 Å². The fraction of sp³-hybridized carbons (Fsp3) is 0.235. The van der Waals surface area contributed by atoms with Crippen molar-refractivity contribution in [3.63, 3.8) is 0 Å². The Morgan fingerprint density at radius 3 is 2.24 bits per heavy atom. The number of rotatable bonds is 6. The van der Waals surface area contributed by atoms with E-state index in [9.17, 15) is 17.6 Å². The van der Waals surface area contributed by atoms with Crippen LogP contribution < -0.4 is 5.32 Å². The molecule has 8 heteroatoms. The van der Waals surface area contributed by atoms with E-state index in [4.69, 9.17) is 0 Å². The minimum atomic E-state index is -3.55. The molecule has 0 radical (unpaired) electrons. The summed E-state index contributed by atoms with van der Waals surface area (Å²) in [7, 11) is -3.55. The summed E-state index contributed by atoms with van der Waals surface area (Å²) >= 11 is 3.13. The van der Waals surface area contributed by atoms with Crippen molar-refractivity contribution in [3.8, 4) is 0 Å². The molecule has 0 aliphatic heterocycles. The molecule has 5 nitrogen and oxygen atoms in total. The van der Waals surface area contributed by atoms with Crippen molar-refractivity contribution in [3.05, 3.63) is 58.3 Å². The highest BCUT2D eigenvalue weighted by Crippen LogP contribution is 2.20. The zero-order chi connectivity index (χ0) is 18.6. The van der Waals surface area contributed by atoms with Gasteiger partial charge in [0, 0.05) is 23.2 Å². The van der Waals surface area contributed by atoms with Crippen LogP contribution in [0.3, 0.4) is 0 Å². The summed E-state index contributed by atoms with van der Waals surface area (Å²) in [4.78, 5) is 12.3. The van der Waals surface area contributed by atoms with Gasteiger partial charge in [-0.1, -0.05) is 29.8 Å². The zero-order valence-electron chi connectivity index (χ0n) is 13.8. The summed E-state index contributed by atoms with van der Waals surface area (Å²) in [5.74, 6) is -1.25. The number of anilines is 1. The molecular formula is C17H18BrFN2O3S. The molecule has 2 aromatic rings. The van der Waals surface area contributed by atoms with E-state index in [1.807, 2.05) is 0 Å². The smallest absolute Gasteiger partial charge is 0.258 e. The molecule has 0 saturated carbocycles. The van der Waals surface area contributed by atoms with Gasteiger partial charge in [0.2, 0.25) is 10.0 Å². The highest BCUT2D eigenvalue weighted by molar-refractivity contribution is 9.10. The number of amides is 1. The Bertz CT molecular complexity index is 866. The number of nitrogens with one attached hydrogen (secondary N) is 1. The Morgan fingerprint density at radius 1 is 1.12 bits per heavy atom. The molecule has 25 heavy (non-hydrogen) atoms. The van der Waals surface area contributed by atoms with Crippen LogP contribution in [-0.2, 0) is 10.0 Å². The lowest BCUT2D eigenvalue weighted by atomic mass is 10.2.